The minimum atomic E-state index is -0.909. The van der Waals surface area contributed by atoms with Gasteiger partial charge in [0, 0.05) is 6.54 Å². The maximum absolute atomic E-state index is 14.1. The Morgan fingerprint density at radius 2 is 1.96 bits per heavy atom. The predicted octanol–water partition coefficient (Wildman–Crippen LogP) is 2.42. The number of aromatic nitrogens is 3. The molecular formula is C16H20FN5O2S. The molecule has 9 heteroatoms. The van der Waals surface area contributed by atoms with E-state index in [2.05, 4.69) is 10.2 Å². The van der Waals surface area contributed by atoms with Crippen LogP contribution in [0.5, 0.6) is 0 Å². The highest BCUT2D eigenvalue weighted by Crippen LogP contribution is 2.29. The number of benzene rings is 1. The van der Waals surface area contributed by atoms with Crippen molar-refractivity contribution < 1.29 is 14.0 Å². The van der Waals surface area contributed by atoms with Crippen molar-refractivity contribution >= 4 is 23.7 Å². The van der Waals surface area contributed by atoms with Crippen molar-refractivity contribution in [1.29, 1.82) is 0 Å². The van der Waals surface area contributed by atoms with Crippen molar-refractivity contribution in [2.45, 2.75) is 37.7 Å². The van der Waals surface area contributed by atoms with Gasteiger partial charge in [-0.15, -0.1) is 10.2 Å². The van der Waals surface area contributed by atoms with Crippen molar-refractivity contribution in [2.75, 3.05) is 0 Å². The number of carbonyl (C=O) groups excluding carboxylic acids is 2. The summed E-state index contributed by atoms with van der Waals surface area (Å²) in [6.07, 6.45) is 0. The lowest BCUT2D eigenvalue weighted by Crippen LogP contribution is -2.39. The Labute approximate surface area is 149 Å². The molecule has 134 valence electrons. The van der Waals surface area contributed by atoms with Crippen molar-refractivity contribution in [3.8, 4) is 11.4 Å². The normalized spacial score (nSPS) is 12.2. The minimum Gasteiger partial charge on any atom is -0.351 e. The van der Waals surface area contributed by atoms with Crippen LogP contribution < -0.4 is 11.1 Å². The number of nitrogens with one attached hydrogen (secondary N) is 1. The van der Waals surface area contributed by atoms with Crippen molar-refractivity contribution in [2.24, 2.45) is 11.7 Å². The topological polar surface area (TPSA) is 103 Å². The molecule has 2 rings (SSSR count). The van der Waals surface area contributed by atoms with E-state index >= 15 is 0 Å². The SMILES string of the molecule is CC(C)Cn1c(SC(C)C(=O)NC(N)=O)nnc1-c1ccccc1F. The second kappa shape index (κ2) is 8.11. The molecule has 3 amide bonds. The number of imide groups is 1. The molecule has 0 aliphatic heterocycles. The maximum atomic E-state index is 14.1. The third-order valence-electron chi connectivity index (χ3n) is 3.28. The number of halogens is 1. The van der Waals surface area contributed by atoms with Gasteiger partial charge in [-0.1, -0.05) is 37.7 Å². The Bertz CT molecular complexity index is 778. The smallest absolute Gasteiger partial charge is 0.318 e. The Kier molecular flexibility index (Phi) is 6.13. The van der Waals surface area contributed by atoms with Gasteiger partial charge in [0.15, 0.2) is 11.0 Å². The quantitative estimate of drug-likeness (QED) is 0.765. The summed E-state index contributed by atoms with van der Waals surface area (Å²) in [5.41, 5.74) is 5.31. The minimum absolute atomic E-state index is 0.260. The van der Waals surface area contributed by atoms with Gasteiger partial charge in [0.2, 0.25) is 5.91 Å². The summed E-state index contributed by atoms with van der Waals surface area (Å²) in [4.78, 5) is 22.7. The van der Waals surface area contributed by atoms with Gasteiger partial charge >= 0.3 is 6.03 Å². The first-order valence-electron chi connectivity index (χ1n) is 7.74. The van der Waals surface area contributed by atoms with E-state index < -0.39 is 23.0 Å². The third-order valence-corrected chi connectivity index (χ3v) is 4.36. The van der Waals surface area contributed by atoms with Gasteiger partial charge in [0.1, 0.15) is 5.82 Å². The van der Waals surface area contributed by atoms with E-state index in [0.717, 1.165) is 11.8 Å². The zero-order chi connectivity index (χ0) is 18.6. The average molecular weight is 365 g/mol. The number of amides is 3. The van der Waals surface area contributed by atoms with Crippen LogP contribution in [0.25, 0.3) is 11.4 Å². The summed E-state index contributed by atoms with van der Waals surface area (Å²) < 4.78 is 15.9. The van der Waals surface area contributed by atoms with Gasteiger partial charge in [-0.25, -0.2) is 9.18 Å². The lowest BCUT2D eigenvalue weighted by molar-refractivity contribution is -0.119. The molecule has 0 aliphatic rings. The molecule has 0 aliphatic carbocycles. The highest BCUT2D eigenvalue weighted by atomic mass is 32.2. The van der Waals surface area contributed by atoms with Gasteiger partial charge in [0.05, 0.1) is 10.8 Å². The predicted molar refractivity (Wildman–Crippen MR) is 93.3 cm³/mol. The molecule has 1 heterocycles. The number of thioether (sulfide) groups is 1. The van der Waals surface area contributed by atoms with Crippen LogP contribution in [-0.4, -0.2) is 32.0 Å². The summed E-state index contributed by atoms with van der Waals surface area (Å²) in [6.45, 7) is 6.22. The van der Waals surface area contributed by atoms with Gasteiger partial charge in [-0.05, 0) is 25.0 Å². The Morgan fingerprint density at radius 1 is 1.28 bits per heavy atom. The van der Waals surface area contributed by atoms with Crippen LogP contribution in [-0.2, 0) is 11.3 Å². The van der Waals surface area contributed by atoms with Gasteiger partial charge in [-0.3, -0.25) is 10.1 Å². The van der Waals surface area contributed by atoms with Crippen LogP contribution in [0.2, 0.25) is 0 Å². The molecule has 3 N–H and O–H groups in total. The Morgan fingerprint density at radius 3 is 2.56 bits per heavy atom. The summed E-state index contributed by atoms with van der Waals surface area (Å²) in [6, 6.07) is 5.41. The number of rotatable bonds is 6. The zero-order valence-corrected chi connectivity index (χ0v) is 15.0. The summed E-state index contributed by atoms with van der Waals surface area (Å²) >= 11 is 1.13. The Balaban J connectivity index is 2.34. The summed E-state index contributed by atoms with van der Waals surface area (Å²) in [5, 5.41) is 10.1. The lowest BCUT2D eigenvalue weighted by Gasteiger charge is -2.14. The van der Waals surface area contributed by atoms with Crippen molar-refractivity contribution in [3.05, 3.63) is 30.1 Å². The highest BCUT2D eigenvalue weighted by Gasteiger charge is 2.23. The molecule has 1 aromatic heterocycles. The summed E-state index contributed by atoms with van der Waals surface area (Å²) in [7, 11) is 0. The van der Waals surface area contributed by atoms with Gasteiger partial charge in [-0.2, -0.15) is 0 Å². The third kappa shape index (κ3) is 4.79. The zero-order valence-electron chi connectivity index (χ0n) is 14.2. The number of nitrogens with two attached hydrogens (primary N) is 1. The fourth-order valence-corrected chi connectivity index (χ4v) is 3.04. The standard InChI is InChI=1S/C16H20FN5O2S/c1-9(2)8-22-13(11-6-4-5-7-12(11)17)20-21-16(22)25-10(3)14(23)19-15(18)24/h4-7,9-10H,8H2,1-3H3,(H3,18,19,23,24). The molecular weight excluding hydrogens is 345 g/mol. The van der Waals surface area contributed by atoms with Crippen LogP contribution in [0, 0.1) is 11.7 Å². The monoisotopic (exact) mass is 365 g/mol. The second-order valence-corrected chi connectivity index (χ2v) is 7.21. The molecule has 1 atom stereocenters. The highest BCUT2D eigenvalue weighted by molar-refractivity contribution is 8.00. The van der Waals surface area contributed by atoms with Crippen LogP contribution in [0.3, 0.4) is 0 Å². The molecule has 1 unspecified atom stereocenters. The first kappa shape index (κ1) is 18.9. The first-order chi connectivity index (χ1) is 11.8. The molecule has 1 aromatic carbocycles. The maximum Gasteiger partial charge on any atom is 0.318 e. The molecule has 0 bridgehead atoms. The van der Waals surface area contributed by atoms with E-state index in [0.29, 0.717) is 23.1 Å². The number of primary amides is 1. The molecule has 25 heavy (non-hydrogen) atoms. The van der Waals surface area contributed by atoms with E-state index in [9.17, 15) is 14.0 Å². The fourth-order valence-electron chi connectivity index (χ4n) is 2.18. The lowest BCUT2D eigenvalue weighted by atomic mass is 10.2. The van der Waals surface area contributed by atoms with Crippen molar-refractivity contribution in [1.82, 2.24) is 20.1 Å². The molecule has 0 saturated carbocycles. The molecule has 0 spiro atoms. The van der Waals surface area contributed by atoms with E-state index in [1.54, 1.807) is 29.7 Å². The van der Waals surface area contributed by atoms with Gasteiger partial charge in [0.25, 0.3) is 0 Å². The fraction of sp³-hybridized carbons (Fsp3) is 0.375. The van der Waals surface area contributed by atoms with Gasteiger partial charge < -0.3 is 10.3 Å². The largest absolute Gasteiger partial charge is 0.351 e. The van der Waals surface area contributed by atoms with Crippen LogP contribution in [0.1, 0.15) is 20.8 Å². The van der Waals surface area contributed by atoms with Crippen LogP contribution >= 0.6 is 11.8 Å². The second-order valence-electron chi connectivity index (χ2n) is 5.90. The molecule has 0 radical (unpaired) electrons. The number of carbonyl (C=O) groups is 2. The number of hydrogen-bond acceptors (Lipinski definition) is 5. The molecule has 0 saturated heterocycles. The van der Waals surface area contributed by atoms with Crippen LogP contribution in [0.4, 0.5) is 9.18 Å². The first-order valence-corrected chi connectivity index (χ1v) is 8.62. The van der Waals surface area contributed by atoms with E-state index in [1.165, 1.54) is 6.07 Å². The van der Waals surface area contributed by atoms with Crippen LogP contribution in [0.15, 0.2) is 29.4 Å². The Hall–Kier alpha value is -2.42. The molecule has 2 aromatic rings. The number of nitrogens with zero attached hydrogens (tertiary/aromatic N) is 3. The molecule has 7 nitrogen and oxygen atoms in total. The average Bonchev–Trinajstić information content (AvgIpc) is 2.89. The van der Waals surface area contributed by atoms with E-state index in [4.69, 9.17) is 5.73 Å². The number of hydrogen-bond donors (Lipinski definition) is 2. The number of urea groups is 1. The van der Waals surface area contributed by atoms with E-state index in [-0.39, 0.29) is 5.92 Å². The summed E-state index contributed by atoms with van der Waals surface area (Å²) in [5.74, 6) is -0.257. The molecule has 0 fully saturated rings. The van der Waals surface area contributed by atoms with Crippen molar-refractivity contribution in [3.63, 3.8) is 0 Å². The van der Waals surface area contributed by atoms with E-state index in [1.807, 2.05) is 19.2 Å².